The SMILES string of the molecule is COc1ccc(CCNC(=NCC2CCOC2)NCCc2ccco2)cc1OC. The molecule has 1 aliphatic heterocycles. The summed E-state index contributed by atoms with van der Waals surface area (Å²) in [5, 5.41) is 6.84. The van der Waals surface area contributed by atoms with Crippen LogP contribution in [0.15, 0.2) is 46.0 Å². The van der Waals surface area contributed by atoms with Crippen molar-refractivity contribution in [3.05, 3.63) is 47.9 Å². The summed E-state index contributed by atoms with van der Waals surface area (Å²) >= 11 is 0. The zero-order chi connectivity index (χ0) is 20.3. The summed E-state index contributed by atoms with van der Waals surface area (Å²) in [5.74, 6) is 3.78. The van der Waals surface area contributed by atoms with Gasteiger partial charge in [-0.2, -0.15) is 0 Å². The van der Waals surface area contributed by atoms with Crippen LogP contribution in [-0.2, 0) is 17.6 Å². The molecule has 7 heteroatoms. The predicted octanol–water partition coefficient (Wildman–Crippen LogP) is 2.65. The van der Waals surface area contributed by atoms with Crippen LogP contribution >= 0.6 is 0 Å². The van der Waals surface area contributed by atoms with Gasteiger partial charge in [0.1, 0.15) is 5.76 Å². The molecule has 2 N–H and O–H groups in total. The predicted molar refractivity (Wildman–Crippen MR) is 113 cm³/mol. The van der Waals surface area contributed by atoms with Crippen LogP contribution in [0, 0.1) is 5.92 Å². The van der Waals surface area contributed by atoms with Gasteiger partial charge in [0.05, 0.1) is 27.1 Å². The monoisotopic (exact) mass is 401 g/mol. The summed E-state index contributed by atoms with van der Waals surface area (Å²) in [6.07, 6.45) is 4.45. The molecule has 1 aromatic heterocycles. The van der Waals surface area contributed by atoms with E-state index in [9.17, 15) is 0 Å². The molecule has 0 bridgehead atoms. The van der Waals surface area contributed by atoms with Crippen molar-refractivity contribution in [1.82, 2.24) is 10.6 Å². The van der Waals surface area contributed by atoms with E-state index in [0.717, 1.165) is 75.3 Å². The van der Waals surface area contributed by atoms with Gasteiger partial charge >= 0.3 is 0 Å². The smallest absolute Gasteiger partial charge is 0.191 e. The highest BCUT2D eigenvalue weighted by atomic mass is 16.5. The molecule has 1 atom stereocenters. The number of aliphatic imine (C=N–C) groups is 1. The third-order valence-corrected chi connectivity index (χ3v) is 4.93. The van der Waals surface area contributed by atoms with Crippen LogP contribution in [0.2, 0.25) is 0 Å². The molecule has 0 spiro atoms. The molecular weight excluding hydrogens is 370 g/mol. The van der Waals surface area contributed by atoms with Crippen LogP contribution in [0.25, 0.3) is 0 Å². The number of nitrogens with zero attached hydrogens (tertiary/aromatic N) is 1. The van der Waals surface area contributed by atoms with Crippen molar-refractivity contribution < 1.29 is 18.6 Å². The maximum absolute atomic E-state index is 5.45. The molecule has 0 aliphatic carbocycles. The number of ether oxygens (including phenoxy) is 3. The maximum Gasteiger partial charge on any atom is 0.191 e. The molecule has 7 nitrogen and oxygen atoms in total. The Kier molecular flexibility index (Phi) is 8.25. The summed E-state index contributed by atoms with van der Waals surface area (Å²) in [6, 6.07) is 9.90. The molecule has 1 saturated heterocycles. The Balaban J connectivity index is 1.51. The number of hydrogen-bond acceptors (Lipinski definition) is 5. The molecule has 1 aliphatic rings. The van der Waals surface area contributed by atoms with Gasteiger partial charge in [-0.15, -0.1) is 0 Å². The third-order valence-electron chi connectivity index (χ3n) is 4.93. The van der Waals surface area contributed by atoms with E-state index < -0.39 is 0 Å². The zero-order valence-electron chi connectivity index (χ0n) is 17.3. The van der Waals surface area contributed by atoms with Crippen LogP contribution in [-0.4, -0.2) is 53.0 Å². The minimum Gasteiger partial charge on any atom is -0.493 e. The van der Waals surface area contributed by atoms with E-state index in [4.69, 9.17) is 23.6 Å². The Morgan fingerprint density at radius 2 is 1.93 bits per heavy atom. The summed E-state index contributed by atoms with van der Waals surface area (Å²) < 4.78 is 21.5. The average molecular weight is 402 g/mol. The second-order valence-corrected chi connectivity index (χ2v) is 7.04. The Morgan fingerprint density at radius 1 is 1.10 bits per heavy atom. The van der Waals surface area contributed by atoms with Crippen LogP contribution < -0.4 is 20.1 Å². The first-order valence-electron chi connectivity index (χ1n) is 10.1. The first kappa shape index (κ1) is 21.0. The van der Waals surface area contributed by atoms with E-state index in [1.165, 1.54) is 5.56 Å². The molecule has 29 heavy (non-hydrogen) atoms. The van der Waals surface area contributed by atoms with Crippen molar-refractivity contribution in [3.8, 4) is 11.5 Å². The molecule has 2 heterocycles. The van der Waals surface area contributed by atoms with Crippen LogP contribution in [0.4, 0.5) is 0 Å². The fourth-order valence-corrected chi connectivity index (χ4v) is 3.24. The first-order valence-corrected chi connectivity index (χ1v) is 10.1. The highest BCUT2D eigenvalue weighted by molar-refractivity contribution is 5.79. The molecule has 1 unspecified atom stereocenters. The second-order valence-electron chi connectivity index (χ2n) is 7.04. The van der Waals surface area contributed by atoms with Gasteiger partial charge in [0.15, 0.2) is 17.5 Å². The molecule has 0 amide bonds. The van der Waals surface area contributed by atoms with Gasteiger partial charge in [-0.05, 0) is 42.7 Å². The lowest BCUT2D eigenvalue weighted by molar-refractivity contribution is 0.187. The molecule has 1 fully saturated rings. The zero-order valence-corrected chi connectivity index (χ0v) is 17.3. The Labute approximate surface area is 172 Å². The Bertz CT molecular complexity index is 755. The molecular formula is C22H31N3O4. The first-order chi connectivity index (χ1) is 14.3. The standard InChI is InChI=1S/C22H31N3O4/c1-26-20-6-5-17(14-21(20)27-2)7-10-23-22(25-15-18-9-13-28-16-18)24-11-8-19-4-3-12-29-19/h3-6,12,14,18H,7-11,13,15-16H2,1-2H3,(H2,23,24,25). The second kappa shape index (κ2) is 11.4. The number of nitrogens with one attached hydrogen (secondary N) is 2. The molecule has 1 aromatic carbocycles. The van der Waals surface area contributed by atoms with Gasteiger partial charge in [0, 0.05) is 38.6 Å². The van der Waals surface area contributed by atoms with Crippen LogP contribution in [0.1, 0.15) is 17.7 Å². The molecule has 0 saturated carbocycles. The fraction of sp³-hybridized carbons (Fsp3) is 0.500. The normalized spacial score (nSPS) is 16.6. The molecule has 2 aromatic rings. The topological polar surface area (TPSA) is 77.2 Å². The fourth-order valence-electron chi connectivity index (χ4n) is 3.24. The van der Waals surface area contributed by atoms with Gasteiger partial charge in [-0.25, -0.2) is 0 Å². The third kappa shape index (κ3) is 6.71. The molecule has 3 rings (SSSR count). The minimum atomic E-state index is 0.504. The van der Waals surface area contributed by atoms with E-state index in [-0.39, 0.29) is 0 Å². The number of guanidine groups is 1. The Morgan fingerprint density at radius 3 is 2.62 bits per heavy atom. The van der Waals surface area contributed by atoms with Crippen molar-refractivity contribution in [1.29, 1.82) is 0 Å². The van der Waals surface area contributed by atoms with Crippen molar-refractivity contribution in [2.24, 2.45) is 10.9 Å². The lowest BCUT2D eigenvalue weighted by Gasteiger charge is -2.14. The number of hydrogen-bond donors (Lipinski definition) is 2. The maximum atomic E-state index is 5.45. The highest BCUT2D eigenvalue weighted by Crippen LogP contribution is 2.27. The largest absolute Gasteiger partial charge is 0.493 e. The minimum absolute atomic E-state index is 0.504. The summed E-state index contributed by atoms with van der Waals surface area (Å²) in [6.45, 7) is 3.94. The van der Waals surface area contributed by atoms with Gasteiger partial charge in [-0.3, -0.25) is 4.99 Å². The summed E-state index contributed by atoms with van der Waals surface area (Å²) in [4.78, 5) is 4.76. The van der Waals surface area contributed by atoms with E-state index in [1.807, 2.05) is 24.3 Å². The lowest BCUT2D eigenvalue weighted by Crippen LogP contribution is -2.39. The van der Waals surface area contributed by atoms with E-state index >= 15 is 0 Å². The van der Waals surface area contributed by atoms with Crippen LogP contribution in [0.3, 0.4) is 0 Å². The van der Waals surface area contributed by atoms with Gasteiger partial charge in [0.25, 0.3) is 0 Å². The van der Waals surface area contributed by atoms with Crippen LogP contribution in [0.5, 0.6) is 11.5 Å². The number of methoxy groups -OCH3 is 2. The van der Waals surface area contributed by atoms with Crippen molar-refractivity contribution in [2.75, 3.05) is 47.1 Å². The number of furan rings is 1. The molecule has 158 valence electrons. The quantitative estimate of drug-likeness (QED) is 0.471. The van der Waals surface area contributed by atoms with Gasteiger partial charge < -0.3 is 29.3 Å². The summed E-state index contributed by atoms with van der Waals surface area (Å²) in [7, 11) is 3.30. The van der Waals surface area contributed by atoms with Gasteiger partial charge in [-0.1, -0.05) is 6.07 Å². The van der Waals surface area contributed by atoms with Crippen molar-refractivity contribution >= 4 is 5.96 Å². The van der Waals surface area contributed by atoms with Crippen molar-refractivity contribution in [2.45, 2.75) is 19.3 Å². The Hall–Kier alpha value is -2.67. The average Bonchev–Trinajstić information content (AvgIpc) is 3.45. The van der Waals surface area contributed by atoms with Gasteiger partial charge in [0.2, 0.25) is 0 Å². The van der Waals surface area contributed by atoms with E-state index in [1.54, 1.807) is 20.5 Å². The van der Waals surface area contributed by atoms with E-state index in [2.05, 4.69) is 16.7 Å². The van der Waals surface area contributed by atoms with E-state index in [0.29, 0.717) is 5.92 Å². The molecule has 0 radical (unpaired) electrons. The highest BCUT2D eigenvalue weighted by Gasteiger charge is 2.15. The summed E-state index contributed by atoms with van der Waals surface area (Å²) in [5.41, 5.74) is 1.18. The number of benzene rings is 1. The number of rotatable bonds is 10. The lowest BCUT2D eigenvalue weighted by atomic mass is 10.1. The van der Waals surface area contributed by atoms with Crippen molar-refractivity contribution in [3.63, 3.8) is 0 Å².